The van der Waals surface area contributed by atoms with E-state index in [2.05, 4.69) is 5.32 Å². The molecule has 1 aromatic rings. The topological polar surface area (TPSA) is 61.8 Å². The summed E-state index contributed by atoms with van der Waals surface area (Å²) in [6, 6.07) is 7.01. The van der Waals surface area contributed by atoms with E-state index in [4.69, 9.17) is 9.84 Å². The van der Waals surface area contributed by atoms with Crippen molar-refractivity contribution >= 4 is 11.7 Å². The van der Waals surface area contributed by atoms with Crippen molar-refractivity contribution in [2.24, 2.45) is 0 Å². The lowest BCUT2D eigenvalue weighted by Gasteiger charge is -2.20. The van der Waals surface area contributed by atoms with Crippen LogP contribution in [0.1, 0.15) is 13.8 Å². The molecule has 0 aliphatic rings. The molecule has 5 nitrogen and oxygen atoms in total. The third-order valence-corrected chi connectivity index (χ3v) is 2.44. The summed E-state index contributed by atoms with van der Waals surface area (Å²) in [7, 11) is 0. The third-order valence-electron chi connectivity index (χ3n) is 2.44. The van der Waals surface area contributed by atoms with Gasteiger partial charge in [0.15, 0.2) is 0 Å². The van der Waals surface area contributed by atoms with Crippen LogP contribution in [-0.2, 0) is 0 Å². The van der Waals surface area contributed by atoms with Crippen LogP contribution >= 0.6 is 0 Å². The zero-order valence-electron chi connectivity index (χ0n) is 10.8. The Morgan fingerprint density at radius 3 is 2.83 bits per heavy atom. The van der Waals surface area contributed by atoms with Crippen molar-refractivity contribution in [1.82, 2.24) is 4.90 Å². The summed E-state index contributed by atoms with van der Waals surface area (Å²) in [5.41, 5.74) is 0.683. The van der Waals surface area contributed by atoms with Crippen molar-refractivity contribution < 1.29 is 14.6 Å². The number of benzene rings is 1. The van der Waals surface area contributed by atoms with Crippen LogP contribution in [0.2, 0.25) is 0 Å². The summed E-state index contributed by atoms with van der Waals surface area (Å²) in [5, 5.41) is 11.6. The minimum absolute atomic E-state index is 0.0414. The average Bonchev–Trinajstić information content (AvgIpc) is 2.36. The molecule has 5 heteroatoms. The molecule has 0 aromatic heterocycles. The number of ether oxygens (including phenoxy) is 1. The molecule has 2 N–H and O–H groups in total. The summed E-state index contributed by atoms with van der Waals surface area (Å²) >= 11 is 0. The minimum atomic E-state index is -0.222. The van der Waals surface area contributed by atoms with Gasteiger partial charge < -0.3 is 20.1 Å². The number of amides is 2. The zero-order chi connectivity index (χ0) is 13.4. The Morgan fingerprint density at radius 2 is 2.22 bits per heavy atom. The molecule has 0 heterocycles. The van der Waals surface area contributed by atoms with Gasteiger partial charge in [-0.05, 0) is 26.0 Å². The molecule has 0 bridgehead atoms. The second kappa shape index (κ2) is 7.55. The molecule has 0 fully saturated rings. The smallest absolute Gasteiger partial charge is 0.321 e. The third kappa shape index (κ3) is 4.25. The van der Waals surface area contributed by atoms with Gasteiger partial charge in [0.1, 0.15) is 5.75 Å². The molecule has 0 unspecified atom stereocenters. The number of likely N-dealkylation sites (N-methyl/N-ethyl adjacent to an activating group) is 1. The van der Waals surface area contributed by atoms with E-state index >= 15 is 0 Å². The first-order valence-electron chi connectivity index (χ1n) is 6.10. The summed E-state index contributed by atoms with van der Waals surface area (Å²) in [6.45, 7) is 5.20. The zero-order valence-corrected chi connectivity index (χ0v) is 10.8. The van der Waals surface area contributed by atoms with Gasteiger partial charge in [0.2, 0.25) is 0 Å². The number of nitrogens with zero attached hydrogens (tertiary/aromatic N) is 1. The maximum atomic E-state index is 11.9. The van der Waals surface area contributed by atoms with Crippen LogP contribution in [0, 0.1) is 0 Å². The summed E-state index contributed by atoms with van der Waals surface area (Å²) in [4.78, 5) is 13.4. The summed E-state index contributed by atoms with van der Waals surface area (Å²) in [5.74, 6) is 0.723. The maximum Gasteiger partial charge on any atom is 0.321 e. The number of hydrogen-bond donors (Lipinski definition) is 2. The van der Waals surface area contributed by atoms with Gasteiger partial charge in [-0.15, -0.1) is 0 Å². The van der Waals surface area contributed by atoms with Gasteiger partial charge in [0, 0.05) is 24.8 Å². The van der Waals surface area contributed by atoms with Gasteiger partial charge in [0.25, 0.3) is 0 Å². The Kier molecular flexibility index (Phi) is 6.00. The number of anilines is 1. The molecule has 100 valence electrons. The van der Waals surface area contributed by atoms with Gasteiger partial charge in [0.05, 0.1) is 13.2 Å². The Labute approximate surface area is 107 Å². The maximum absolute atomic E-state index is 11.9. The van der Waals surface area contributed by atoms with Crippen LogP contribution in [0.25, 0.3) is 0 Å². The molecule has 1 rings (SSSR count). The first-order chi connectivity index (χ1) is 8.71. The van der Waals surface area contributed by atoms with Crippen molar-refractivity contribution in [2.75, 3.05) is 31.6 Å². The van der Waals surface area contributed by atoms with E-state index in [-0.39, 0.29) is 12.6 Å². The number of carbonyl (C=O) groups excluding carboxylic acids is 1. The Balaban J connectivity index is 2.65. The highest BCUT2D eigenvalue weighted by Crippen LogP contribution is 2.17. The van der Waals surface area contributed by atoms with Gasteiger partial charge >= 0.3 is 6.03 Å². The predicted octanol–water partition coefficient (Wildman–Crippen LogP) is 1.93. The Bertz CT molecular complexity index is 382. The van der Waals surface area contributed by atoms with Crippen LogP contribution in [0.15, 0.2) is 24.3 Å². The Morgan fingerprint density at radius 1 is 1.44 bits per heavy atom. The average molecular weight is 252 g/mol. The lowest BCUT2D eigenvalue weighted by atomic mass is 10.3. The lowest BCUT2D eigenvalue weighted by molar-refractivity contribution is 0.192. The molecule has 1 aromatic carbocycles. The summed E-state index contributed by atoms with van der Waals surface area (Å²) in [6.07, 6.45) is 0. The molecule has 0 aliphatic heterocycles. The number of nitrogens with one attached hydrogen (secondary N) is 1. The van der Waals surface area contributed by atoms with Gasteiger partial charge in [-0.25, -0.2) is 4.79 Å². The van der Waals surface area contributed by atoms with Crippen molar-refractivity contribution in [1.29, 1.82) is 0 Å². The van der Waals surface area contributed by atoms with Crippen molar-refractivity contribution in [3.8, 4) is 5.75 Å². The van der Waals surface area contributed by atoms with Gasteiger partial charge in [-0.2, -0.15) is 0 Å². The summed E-state index contributed by atoms with van der Waals surface area (Å²) < 4.78 is 5.36. The second-order valence-electron chi connectivity index (χ2n) is 3.69. The highest BCUT2D eigenvalue weighted by atomic mass is 16.5. The minimum Gasteiger partial charge on any atom is -0.494 e. The van der Waals surface area contributed by atoms with Crippen LogP contribution in [0.4, 0.5) is 10.5 Å². The predicted molar refractivity (Wildman–Crippen MR) is 71.0 cm³/mol. The molecular weight excluding hydrogens is 232 g/mol. The van der Waals surface area contributed by atoms with Crippen LogP contribution in [-0.4, -0.2) is 42.3 Å². The number of urea groups is 1. The molecule has 0 radical (unpaired) electrons. The van der Waals surface area contributed by atoms with E-state index < -0.39 is 0 Å². The normalized spacial score (nSPS) is 9.94. The van der Waals surface area contributed by atoms with Crippen molar-refractivity contribution in [3.63, 3.8) is 0 Å². The number of rotatable bonds is 6. The number of aliphatic hydroxyl groups is 1. The van der Waals surface area contributed by atoms with Gasteiger partial charge in [-0.1, -0.05) is 6.07 Å². The first kappa shape index (κ1) is 14.3. The van der Waals surface area contributed by atoms with Gasteiger partial charge in [-0.3, -0.25) is 0 Å². The van der Waals surface area contributed by atoms with E-state index in [1.165, 1.54) is 4.90 Å². The Hall–Kier alpha value is -1.75. The number of hydrogen-bond acceptors (Lipinski definition) is 3. The molecular formula is C13H20N2O3. The highest BCUT2D eigenvalue weighted by molar-refractivity contribution is 5.89. The van der Waals surface area contributed by atoms with Crippen molar-refractivity contribution in [2.45, 2.75) is 13.8 Å². The van der Waals surface area contributed by atoms with Crippen LogP contribution in [0.3, 0.4) is 0 Å². The van der Waals surface area contributed by atoms with Crippen LogP contribution in [0.5, 0.6) is 5.75 Å². The fourth-order valence-electron chi connectivity index (χ4n) is 1.56. The molecule has 18 heavy (non-hydrogen) atoms. The molecule has 0 atom stereocenters. The van der Waals surface area contributed by atoms with E-state index in [1.807, 2.05) is 26.0 Å². The standard InChI is InChI=1S/C13H20N2O3/c1-3-15(8-9-16)13(17)14-11-6-5-7-12(10-11)18-4-2/h5-7,10,16H,3-4,8-9H2,1-2H3,(H,14,17). The van der Waals surface area contributed by atoms with Crippen molar-refractivity contribution in [3.05, 3.63) is 24.3 Å². The highest BCUT2D eigenvalue weighted by Gasteiger charge is 2.10. The molecule has 0 saturated heterocycles. The lowest BCUT2D eigenvalue weighted by Crippen LogP contribution is -2.36. The van der Waals surface area contributed by atoms with E-state index in [1.54, 1.807) is 12.1 Å². The monoisotopic (exact) mass is 252 g/mol. The largest absolute Gasteiger partial charge is 0.494 e. The molecule has 0 saturated carbocycles. The fourth-order valence-corrected chi connectivity index (χ4v) is 1.56. The van der Waals surface area contributed by atoms with E-state index in [0.717, 1.165) is 5.75 Å². The molecule has 0 aliphatic carbocycles. The number of aliphatic hydroxyl groups excluding tert-OH is 1. The quantitative estimate of drug-likeness (QED) is 0.813. The van der Waals surface area contributed by atoms with Crippen LogP contribution < -0.4 is 10.1 Å². The fraction of sp³-hybridized carbons (Fsp3) is 0.462. The SMILES string of the molecule is CCOc1cccc(NC(=O)N(CC)CCO)c1. The molecule has 0 spiro atoms. The second-order valence-corrected chi connectivity index (χ2v) is 3.69. The number of carbonyl (C=O) groups is 1. The molecule has 2 amide bonds. The first-order valence-corrected chi connectivity index (χ1v) is 6.10. The van der Waals surface area contributed by atoms with E-state index in [9.17, 15) is 4.79 Å². The van der Waals surface area contributed by atoms with E-state index in [0.29, 0.717) is 25.4 Å².